The van der Waals surface area contributed by atoms with Gasteiger partial charge in [0.25, 0.3) is 0 Å². The number of aromatic nitrogens is 2. The summed E-state index contributed by atoms with van der Waals surface area (Å²) in [4.78, 5) is 4.03. The first kappa shape index (κ1) is 11.7. The summed E-state index contributed by atoms with van der Waals surface area (Å²) in [5.74, 6) is 0.748. The van der Waals surface area contributed by atoms with Gasteiger partial charge in [0.05, 0.1) is 5.02 Å². The number of nitrogens with zero attached hydrogens (tertiary/aromatic N) is 4. The van der Waals surface area contributed by atoms with E-state index in [1.54, 1.807) is 17.5 Å². The number of hydrazone groups is 1. The minimum absolute atomic E-state index is 0.668. The zero-order valence-electron chi connectivity index (χ0n) is 9.71. The molecule has 0 N–H and O–H groups in total. The molecule has 88 valence electrons. The van der Waals surface area contributed by atoms with Crippen LogP contribution in [0.1, 0.15) is 5.56 Å². The summed E-state index contributed by atoms with van der Waals surface area (Å²) in [6.07, 6.45) is 5.25. The van der Waals surface area contributed by atoms with Gasteiger partial charge in [0, 0.05) is 32.1 Å². The fraction of sp³-hybridized carbons (Fsp3) is 0.167. The summed E-state index contributed by atoms with van der Waals surface area (Å²) in [5, 5.41) is 6.84. The van der Waals surface area contributed by atoms with Crippen molar-refractivity contribution < 1.29 is 0 Å². The molecule has 0 bridgehead atoms. The van der Waals surface area contributed by atoms with Crippen LogP contribution >= 0.6 is 11.6 Å². The standard InChI is InChI=1S/C12H13ClN4/c1-16(2)15-12(17-8-7-14-9-17)10-5-3-4-6-11(10)13/h3-9H,1-2H3/b15-12+. The zero-order valence-corrected chi connectivity index (χ0v) is 10.5. The predicted octanol–water partition coefficient (Wildman–Crippen LogP) is 2.31. The minimum Gasteiger partial charge on any atom is -0.301 e. The molecule has 0 aliphatic rings. The van der Waals surface area contributed by atoms with Gasteiger partial charge in [-0.1, -0.05) is 23.7 Å². The Morgan fingerprint density at radius 1 is 1.35 bits per heavy atom. The van der Waals surface area contributed by atoms with Crippen LogP contribution in [-0.4, -0.2) is 34.5 Å². The third kappa shape index (κ3) is 2.65. The van der Waals surface area contributed by atoms with Crippen molar-refractivity contribution >= 4 is 17.4 Å². The Hall–Kier alpha value is -1.81. The molecule has 1 heterocycles. The molecule has 2 rings (SSSR count). The van der Waals surface area contributed by atoms with E-state index in [0.717, 1.165) is 11.4 Å². The van der Waals surface area contributed by atoms with Gasteiger partial charge in [-0.15, -0.1) is 0 Å². The highest BCUT2D eigenvalue weighted by molar-refractivity contribution is 6.34. The van der Waals surface area contributed by atoms with Gasteiger partial charge >= 0.3 is 0 Å². The molecule has 0 spiro atoms. The molecular formula is C12H13ClN4. The van der Waals surface area contributed by atoms with Crippen LogP contribution in [0, 0.1) is 0 Å². The molecule has 0 aliphatic carbocycles. The van der Waals surface area contributed by atoms with Crippen LogP contribution < -0.4 is 0 Å². The first-order valence-corrected chi connectivity index (χ1v) is 5.55. The van der Waals surface area contributed by atoms with Crippen molar-refractivity contribution in [3.8, 4) is 0 Å². The topological polar surface area (TPSA) is 33.4 Å². The number of benzene rings is 1. The summed E-state index contributed by atoms with van der Waals surface area (Å²) in [6.45, 7) is 0. The monoisotopic (exact) mass is 248 g/mol. The summed E-state index contributed by atoms with van der Waals surface area (Å²) in [6, 6.07) is 7.61. The molecule has 0 saturated heterocycles. The number of hydrogen-bond donors (Lipinski definition) is 0. The highest BCUT2D eigenvalue weighted by atomic mass is 35.5. The summed E-state index contributed by atoms with van der Waals surface area (Å²) in [5.41, 5.74) is 0.876. The molecule has 0 saturated carbocycles. The van der Waals surface area contributed by atoms with Gasteiger partial charge in [-0.25, -0.2) is 4.98 Å². The molecule has 0 unspecified atom stereocenters. The van der Waals surface area contributed by atoms with Crippen LogP contribution in [0.3, 0.4) is 0 Å². The van der Waals surface area contributed by atoms with Gasteiger partial charge in [-0.2, -0.15) is 5.10 Å². The molecule has 0 atom stereocenters. The van der Waals surface area contributed by atoms with E-state index in [1.807, 2.05) is 49.1 Å². The average molecular weight is 249 g/mol. The van der Waals surface area contributed by atoms with E-state index in [9.17, 15) is 0 Å². The van der Waals surface area contributed by atoms with Gasteiger partial charge < -0.3 is 5.01 Å². The van der Waals surface area contributed by atoms with Crippen molar-refractivity contribution in [3.63, 3.8) is 0 Å². The normalized spacial score (nSPS) is 11.6. The van der Waals surface area contributed by atoms with Crippen LogP contribution in [-0.2, 0) is 0 Å². The number of rotatable bonds is 2. The number of imidazole rings is 1. The molecule has 0 aliphatic heterocycles. The summed E-state index contributed by atoms with van der Waals surface area (Å²) < 4.78 is 1.83. The van der Waals surface area contributed by atoms with Crippen LogP contribution in [0.15, 0.2) is 48.1 Å². The summed E-state index contributed by atoms with van der Waals surface area (Å²) >= 11 is 6.19. The molecule has 2 aromatic rings. The highest BCUT2D eigenvalue weighted by Crippen LogP contribution is 2.17. The molecular weight excluding hydrogens is 236 g/mol. The van der Waals surface area contributed by atoms with E-state index in [0.29, 0.717) is 5.02 Å². The average Bonchev–Trinajstić information content (AvgIpc) is 2.80. The maximum Gasteiger partial charge on any atom is 0.166 e. The molecule has 5 heteroatoms. The lowest BCUT2D eigenvalue weighted by Crippen LogP contribution is -2.17. The smallest absolute Gasteiger partial charge is 0.166 e. The molecule has 1 aromatic heterocycles. The highest BCUT2D eigenvalue weighted by Gasteiger charge is 2.10. The van der Waals surface area contributed by atoms with Crippen LogP contribution in [0.2, 0.25) is 5.02 Å². The Morgan fingerprint density at radius 2 is 2.12 bits per heavy atom. The number of hydrogen-bond acceptors (Lipinski definition) is 3. The molecule has 17 heavy (non-hydrogen) atoms. The van der Waals surface area contributed by atoms with Gasteiger partial charge in [-0.3, -0.25) is 4.57 Å². The Kier molecular flexibility index (Phi) is 3.44. The van der Waals surface area contributed by atoms with E-state index >= 15 is 0 Å². The fourth-order valence-electron chi connectivity index (χ4n) is 1.46. The van der Waals surface area contributed by atoms with Crippen LogP contribution in [0.5, 0.6) is 0 Å². The van der Waals surface area contributed by atoms with Crippen LogP contribution in [0.4, 0.5) is 0 Å². The first-order valence-electron chi connectivity index (χ1n) is 5.17. The van der Waals surface area contributed by atoms with Crippen molar-refractivity contribution in [3.05, 3.63) is 53.6 Å². The molecule has 1 aromatic carbocycles. The van der Waals surface area contributed by atoms with E-state index in [1.165, 1.54) is 0 Å². The van der Waals surface area contributed by atoms with Gasteiger partial charge in [0.15, 0.2) is 5.84 Å². The van der Waals surface area contributed by atoms with Crippen molar-refractivity contribution in [2.75, 3.05) is 14.1 Å². The third-order valence-electron chi connectivity index (χ3n) is 2.16. The van der Waals surface area contributed by atoms with Crippen LogP contribution in [0.25, 0.3) is 0 Å². The zero-order chi connectivity index (χ0) is 12.3. The lowest BCUT2D eigenvalue weighted by Gasteiger charge is -2.12. The van der Waals surface area contributed by atoms with Crippen molar-refractivity contribution in [1.29, 1.82) is 0 Å². The fourth-order valence-corrected chi connectivity index (χ4v) is 1.68. The number of halogens is 1. The van der Waals surface area contributed by atoms with Gasteiger partial charge in [0.1, 0.15) is 6.33 Å². The lowest BCUT2D eigenvalue weighted by molar-refractivity contribution is 0.435. The SMILES string of the molecule is CN(C)/N=C(\c1ccccc1Cl)n1ccnc1. The Bertz CT molecular complexity index is 517. The Morgan fingerprint density at radius 3 is 2.71 bits per heavy atom. The second kappa shape index (κ2) is 5.01. The van der Waals surface area contributed by atoms with E-state index in [4.69, 9.17) is 11.6 Å². The minimum atomic E-state index is 0.668. The van der Waals surface area contributed by atoms with Crippen molar-refractivity contribution in [2.45, 2.75) is 0 Å². The van der Waals surface area contributed by atoms with E-state index < -0.39 is 0 Å². The third-order valence-corrected chi connectivity index (χ3v) is 2.49. The van der Waals surface area contributed by atoms with Gasteiger partial charge in [-0.05, 0) is 12.1 Å². The largest absolute Gasteiger partial charge is 0.301 e. The molecule has 0 amide bonds. The van der Waals surface area contributed by atoms with Crippen molar-refractivity contribution in [2.24, 2.45) is 5.10 Å². The van der Waals surface area contributed by atoms with E-state index in [-0.39, 0.29) is 0 Å². The van der Waals surface area contributed by atoms with Crippen molar-refractivity contribution in [1.82, 2.24) is 14.6 Å². The molecule has 4 nitrogen and oxygen atoms in total. The molecule has 0 fully saturated rings. The lowest BCUT2D eigenvalue weighted by atomic mass is 10.2. The first-order chi connectivity index (χ1) is 8.18. The maximum atomic E-state index is 6.19. The van der Waals surface area contributed by atoms with E-state index in [2.05, 4.69) is 10.1 Å². The Balaban J connectivity index is 2.53. The quantitative estimate of drug-likeness (QED) is 0.464. The molecule has 0 radical (unpaired) electrons. The predicted molar refractivity (Wildman–Crippen MR) is 69.3 cm³/mol. The maximum absolute atomic E-state index is 6.19. The second-order valence-electron chi connectivity index (χ2n) is 3.72. The van der Waals surface area contributed by atoms with Gasteiger partial charge in [0.2, 0.25) is 0 Å². The second-order valence-corrected chi connectivity index (χ2v) is 4.13. The Labute approximate surface area is 105 Å². The summed E-state index contributed by atoms with van der Waals surface area (Å²) in [7, 11) is 3.74.